The van der Waals surface area contributed by atoms with E-state index in [-0.39, 0.29) is 28.2 Å². The number of nitro benzene ring substituents is 1. The summed E-state index contributed by atoms with van der Waals surface area (Å²) in [6.07, 6.45) is 1.64. The molecule has 2 aromatic rings. The number of carbonyl (C=O) groups is 1. The Hall–Kier alpha value is -2.94. The second-order valence-electron chi connectivity index (χ2n) is 6.38. The maximum Gasteiger partial charge on any atom is 0.273 e. The van der Waals surface area contributed by atoms with Crippen LogP contribution in [-0.4, -0.2) is 25.3 Å². The number of nitrogens with zero attached hydrogens (tertiary/aromatic N) is 1. The van der Waals surface area contributed by atoms with Crippen molar-refractivity contribution in [2.45, 2.75) is 44.6 Å². The van der Waals surface area contributed by atoms with Gasteiger partial charge in [0.25, 0.3) is 21.6 Å². The Morgan fingerprint density at radius 3 is 2.25 bits per heavy atom. The van der Waals surface area contributed by atoms with Gasteiger partial charge in [-0.1, -0.05) is 19.9 Å². The third-order valence-electron chi connectivity index (χ3n) is 4.41. The molecule has 1 amide bonds. The maximum absolute atomic E-state index is 12.5. The highest BCUT2D eigenvalue weighted by atomic mass is 32.2. The Morgan fingerprint density at radius 2 is 1.71 bits per heavy atom. The van der Waals surface area contributed by atoms with Crippen molar-refractivity contribution in [3.63, 3.8) is 0 Å². The minimum Gasteiger partial charge on any atom is -0.349 e. The van der Waals surface area contributed by atoms with Gasteiger partial charge >= 0.3 is 0 Å². The van der Waals surface area contributed by atoms with E-state index in [9.17, 15) is 23.3 Å². The number of nitrogens with one attached hydrogen (secondary N) is 2. The standard InChI is InChI=1S/C19H23N3O5S/c1-4-15(5-2)20-19(23)14-7-9-16(10-8-14)21-28(26,27)17-11-6-13(3)18(12-17)22(24)25/h6-12,15,21H,4-5H2,1-3H3,(H,20,23). The number of anilines is 1. The summed E-state index contributed by atoms with van der Waals surface area (Å²) < 4.78 is 27.4. The first kappa shape index (κ1) is 21.4. The molecule has 0 radical (unpaired) electrons. The number of carbonyl (C=O) groups excluding carboxylic acids is 1. The molecule has 0 aliphatic carbocycles. The minimum atomic E-state index is -4.00. The zero-order chi connectivity index (χ0) is 20.9. The van der Waals surface area contributed by atoms with E-state index in [1.165, 1.54) is 43.3 Å². The van der Waals surface area contributed by atoms with Crippen LogP contribution in [-0.2, 0) is 10.0 Å². The summed E-state index contributed by atoms with van der Waals surface area (Å²) in [5.74, 6) is -0.225. The van der Waals surface area contributed by atoms with Gasteiger partial charge in [0.2, 0.25) is 0 Å². The molecule has 2 rings (SSSR count). The van der Waals surface area contributed by atoms with Crippen LogP contribution in [0, 0.1) is 17.0 Å². The van der Waals surface area contributed by atoms with Crippen LogP contribution in [0.5, 0.6) is 0 Å². The predicted octanol–water partition coefficient (Wildman–Crippen LogP) is 3.62. The van der Waals surface area contributed by atoms with Crippen LogP contribution >= 0.6 is 0 Å². The largest absolute Gasteiger partial charge is 0.349 e. The number of hydrogen-bond donors (Lipinski definition) is 2. The van der Waals surface area contributed by atoms with Crippen molar-refractivity contribution in [1.29, 1.82) is 0 Å². The van der Waals surface area contributed by atoms with Crippen molar-refractivity contribution >= 4 is 27.3 Å². The number of nitro groups is 1. The van der Waals surface area contributed by atoms with Crippen molar-refractivity contribution < 1.29 is 18.1 Å². The van der Waals surface area contributed by atoms with E-state index in [1.54, 1.807) is 0 Å². The maximum atomic E-state index is 12.5. The van der Waals surface area contributed by atoms with Gasteiger partial charge in [-0.05, 0) is 50.1 Å². The Kier molecular flexibility index (Phi) is 6.74. The highest BCUT2D eigenvalue weighted by molar-refractivity contribution is 7.92. The lowest BCUT2D eigenvalue weighted by Gasteiger charge is -2.15. The third kappa shape index (κ3) is 5.07. The Balaban J connectivity index is 2.18. The van der Waals surface area contributed by atoms with Crippen molar-refractivity contribution in [2.24, 2.45) is 0 Å². The normalized spacial score (nSPS) is 11.3. The molecule has 0 aliphatic heterocycles. The lowest BCUT2D eigenvalue weighted by atomic mass is 10.1. The summed E-state index contributed by atoms with van der Waals surface area (Å²) in [5.41, 5.74) is 0.774. The summed E-state index contributed by atoms with van der Waals surface area (Å²) in [6.45, 7) is 5.51. The van der Waals surface area contributed by atoms with E-state index in [0.717, 1.165) is 18.9 Å². The molecule has 9 heteroatoms. The Morgan fingerprint density at radius 1 is 1.11 bits per heavy atom. The van der Waals surface area contributed by atoms with Crippen LogP contribution in [0.2, 0.25) is 0 Å². The predicted molar refractivity (Wildman–Crippen MR) is 107 cm³/mol. The summed E-state index contributed by atoms with van der Waals surface area (Å²) >= 11 is 0. The van der Waals surface area contributed by atoms with E-state index in [4.69, 9.17) is 0 Å². The second-order valence-corrected chi connectivity index (χ2v) is 8.06. The van der Waals surface area contributed by atoms with Crippen LogP contribution in [0.15, 0.2) is 47.4 Å². The average molecular weight is 405 g/mol. The zero-order valence-electron chi connectivity index (χ0n) is 15.9. The van der Waals surface area contributed by atoms with Crippen LogP contribution in [0.3, 0.4) is 0 Å². The monoisotopic (exact) mass is 405 g/mol. The highest BCUT2D eigenvalue weighted by Gasteiger charge is 2.20. The summed E-state index contributed by atoms with van der Waals surface area (Å²) in [6, 6.07) is 9.79. The molecular weight excluding hydrogens is 382 g/mol. The number of hydrogen-bond acceptors (Lipinski definition) is 5. The van der Waals surface area contributed by atoms with Gasteiger partial charge in [-0.2, -0.15) is 0 Å². The quantitative estimate of drug-likeness (QED) is 0.513. The highest BCUT2D eigenvalue weighted by Crippen LogP contribution is 2.24. The SMILES string of the molecule is CCC(CC)NC(=O)c1ccc(NS(=O)(=O)c2ccc(C)c([N+](=O)[O-])c2)cc1. The van der Waals surface area contributed by atoms with E-state index >= 15 is 0 Å². The summed E-state index contributed by atoms with van der Waals surface area (Å²) in [4.78, 5) is 22.4. The van der Waals surface area contributed by atoms with Crippen molar-refractivity contribution in [3.05, 3.63) is 63.7 Å². The molecule has 2 N–H and O–H groups in total. The van der Waals surface area contributed by atoms with E-state index in [2.05, 4.69) is 10.0 Å². The van der Waals surface area contributed by atoms with E-state index in [0.29, 0.717) is 11.1 Å². The first-order valence-corrected chi connectivity index (χ1v) is 10.3. The zero-order valence-corrected chi connectivity index (χ0v) is 16.7. The molecule has 0 bridgehead atoms. The van der Waals surface area contributed by atoms with Gasteiger partial charge in [0.15, 0.2) is 0 Å². The van der Waals surface area contributed by atoms with Crippen LogP contribution in [0.1, 0.15) is 42.6 Å². The van der Waals surface area contributed by atoms with Crippen molar-refractivity contribution in [3.8, 4) is 0 Å². The number of benzene rings is 2. The van der Waals surface area contributed by atoms with E-state index in [1.807, 2.05) is 13.8 Å². The third-order valence-corrected chi connectivity index (χ3v) is 5.79. The first-order chi connectivity index (χ1) is 13.2. The van der Waals surface area contributed by atoms with E-state index < -0.39 is 14.9 Å². The fourth-order valence-electron chi connectivity index (χ4n) is 2.62. The molecule has 2 aromatic carbocycles. The molecule has 0 saturated carbocycles. The van der Waals surface area contributed by atoms with Crippen molar-refractivity contribution in [2.75, 3.05) is 4.72 Å². The summed E-state index contributed by atoms with van der Waals surface area (Å²) in [5, 5.41) is 13.9. The number of rotatable bonds is 8. The van der Waals surface area contributed by atoms with Crippen LogP contribution in [0.4, 0.5) is 11.4 Å². The lowest BCUT2D eigenvalue weighted by molar-refractivity contribution is -0.385. The molecule has 28 heavy (non-hydrogen) atoms. The van der Waals surface area contributed by atoms with Crippen LogP contribution in [0.25, 0.3) is 0 Å². The van der Waals surface area contributed by atoms with Gasteiger partial charge in [0.05, 0.1) is 9.82 Å². The Bertz CT molecular complexity index is 968. The van der Waals surface area contributed by atoms with Gasteiger partial charge in [0.1, 0.15) is 0 Å². The number of sulfonamides is 1. The smallest absolute Gasteiger partial charge is 0.273 e. The molecule has 0 aliphatic rings. The van der Waals surface area contributed by atoms with Gasteiger partial charge < -0.3 is 5.32 Å². The minimum absolute atomic E-state index is 0.0861. The van der Waals surface area contributed by atoms with Gasteiger partial charge in [-0.3, -0.25) is 19.6 Å². The lowest BCUT2D eigenvalue weighted by Crippen LogP contribution is -2.33. The molecule has 0 atom stereocenters. The fourth-order valence-corrected chi connectivity index (χ4v) is 3.70. The van der Waals surface area contributed by atoms with Crippen LogP contribution < -0.4 is 10.0 Å². The molecule has 150 valence electrons. The van der Waals surface area contributed by atoms with Gasteiger partial charge in [-0.15, -0.1) is 0 Å². The molecule has 0 spiro atoms. The van der Waals surface area contributed by atoms with Crippen molar-refractivity contribution in [1.82, 2.24) is 5.32 Å². The van der Waals surface area contributed by atoms with Gasteiger partial charge in [0, 0.05) is 28.9 Å². The molecular formula is C19H23N3O5S. The summed E-state index contributed by atoms with van der Waals surface area (Å²) in [7, 11) is -4.00. The number of amides is 1. The topological polar surface area (TPSA) is 118 Å². The van der Waals surface area contributed by atoms with Gasteiger partial charge in [-0.25, -0.2) is 8.42 Å². The fraction of sp³-hybridized carbons (Fsp3) is 0.316. The molecule has 0 aromatic heterocycles. The molecule has 0 unspecified atom stereocenters. The molecule has 0 heterocycles. The Labute approximate surface area is 164 Å². The second kappa shape index (κ2) is 8.83. The first-order valence-electron chi connectivity index (χ1n) is 8.86. The molecule has 8 nitrogen and oxygen atoms in total. The number of aryl methyl sites for hydroxylation is 1. The molecule has 0 fully saturated rings. The average Bonchev–Trinajstić information content (AvgIpc) is 2.66. The molecule has 0 saturated heterocycles.